The minimum absolute atomic E-state index is 0.0738. The average molecular weight is 443 g/mol. The van der Waals surface area contributed by atoms with Crippen LogP contribution >= 0.6 is 11.6 Å². The van der Waals surface area contributed by atoms with Crippen molar-refractivity contribution in [3.05, 3.63) is 59.8 Å². The molecule has 1 aliphatic rings. The van der Waals surface area contributed by atoms with Gasteiger partial charge in [-0.15, -0.1) is 0 Å². The van der Waals surface area contributed by atoms with Crippen molar-refractivity contribution in [3.8, 4) is 11.5 Å². The molecule has 0 saturated carbocycles. The van der Waals surface area contributed by atoms with Crippen LogP contribution in [0.25, 0.3) is 10.9 Å². The van der Waals surface area contributed by atoms with E-state index in [1.165, 1.54) is 6.92 Å². The molecule has 3 aromatic rings. The number of β-amino-alcohol motifs (C(OH)–C–C–N with tert-alkyl or cyclic N) is 1. The van der Waals surface area contributed by atoms with Crippen LogP contribution in [0.1, 0.15) is 24.6 Å². The third-order valence-electron chi connectivity index (χ3n) is 5.56. The summed E-state index contributed by atoms with van der Waals surface area (Å²) in [4.78, 5) is 14.1. The molecule has 4 rings (SSSR count). The second-order valence-electron chi connectivity index (χ2n) is 7.94. The first-order valence-corrected chi connectivity index (χ1v) is 10.9. The smallest absolute Gasteiger partial charge is 0.228 e. The van der Waals surface area contributed by atoms with Crippen molar-refractivity contribution < 1.29 is 19.4 Å². The number of ether oxygens (including phenoxy) is 2. The molecule has 2 aromatic carbocycles. The van der Waals surface area contributed by atoms with Crippen molar-refractivity contribution in [2.75, 3.05) is 26.2 Å². The summed E-state index contributed by atoms with van der Waals surface area (Å²) in [7, 11) is 0. The first kappa shape index (κ1) is 21.7. The zero-order chi connectivity index (χ0) is 21.8. The van der Waals surface area contributed by atoms with Gasteiger partial charge >= 0.3 is 0 Å². The second kappa shape index (κ2) is 9.73. The summed E-state index contributed by atoms with van der Waals surface area (Å²) in [6.07, 6.45) is 3.10. The van der Waals surface area contributed by atoms with Gasteiger partial charge in [0.15, 0.2) is 0 Å². The molecule has 0 amide bonds. The summed E-state index contributed by atoms with van der Waals surface area (Å²) < 4.78 is 13.5. The van der Waals surface area contributed by atoms with Gasteiger partial charge < -0.3 is 19.5 Å². The van der Waals surface area contributed by atoms with Crippen molar-refractivity contribution in [2.45, 2.75) is 32.0 Å². The minimum atomic E-state index is -0.621. The molecule has 164 valence electrons. The summed E-state index contributed by atoms with van der Waals surface area (Å²) in [6, 6.07) is 15.0. The van der Waals surface area contributed by atoms with Crippen molar-refractivity contribution in [1.29, 1.82) is 0 Å². The lowest BCUT2D eigenvalue weighted by Gasteiger charge is -2.33. The summed E-state index contributed by atoms with van der Waals surface area (Å²) in [6.45, 7) is 3.95. The van der Waals surface area contributed by atoms with Crippen LogP contribution in [0.4, 0.5) is 0 Å². The predicted molar refractivity (Wildman–Crippen MR) is 121 cm³/mol. The normalized spacial score (nSPS) is 16.4. The van der Waals surface area contributed by atoms with Gasteiger partial charge in [-0.3, -0.25) is 9.36 Å². The van der Waals surface area contributed by atoms with E-state index >= 15 is 0 Å². The molecule has 0 bridgehead atoms. The van der Waals surface area contributed by atoms with Crippen LogP contribution in [0.3, 0.4) is 0 Å². The number of nitrogens with zero attached hydrogens (tertiary/aromatic N) is 2. The quantitative estimate of drug-likeness (QED) is 0.593. The number of carbonyl (C=O) groups is 1. The number of aliphatic hydroxyl groups is 1. The highest BCUT2D eigenvalue weighted by molar-refractivity contribution is 6.30. The number of hydrogen-bond acceptors (Lipinski definition) is 5. The second-order valence-corrected chi connectivity index (χ2v) is 8.37. The van der Waals surface area contributed by atoms with Gasteiger partial charge in [-0.05, 0) is 49.2 Å². The minimum Gasteiger partial charge on any atom is -0.490 e. The third kappa shape index (κ3) is 5.39. The van der Waals surface area contributed by atoms with E-state index in [0.29, 0.717) is 17.3 Å². The number of aromatic nitrogens is 1. The zero-order valence-electron chi connectivity index (χ0n) is 17.5. The van der Waals surface area contributed by atoms with Crippen molar-refractivity contribution >= 4 is 28.4 Å². The maximum Gasteiger partial charge on any atom is 0.228 e. The molecule has 1 saturated heterocycles. The van der Waals surface area contributed by atoms with Crippen molar-refractivity contribution in [2.24, 2.45) is 0 Å². The fraction of sp³-hybridized carbons (Fsp3) is 0.375. The molecule has 1 aromatic heterocycles. The molecule has 1 atom stereocenters. The number of rotatable bonds is 7. The molecule has 2 heterocycles. The van der Waals surface area contributed by atoms with Crippen LogP contribution in [0.15, 0.2) is 54.7 Å². The fourth-order valence-corrected chi connectivity index (χ4v) is 4.12. The maximum atomic E-state index is 11.9. The number of hydrogen-bond donors (Lipinski definition) is 1. The Morgan fingerprint density at radius 2 is 1.90 bits per heavy atom. The molecular weight excluding hydrogens is 416 g/mol. The van der Waals surface area contributed by atoms with Crippen molar-refractivity contribution in [1.82, 2.24) is 9.47 Å². The SMILES string of the molecule is CC(=O)n1ccc2cccc(OCC(O)CN3CCC(Oc4ccc(Cl)cc4)CC3)c21. The van der Waals surface area contributed by atoms with Gasteiger partial charge in [-0.1, -0.05) is 23.7 Å². The van der Waals surface area contributed by atoms with Crippen LogP contribution < -0.4 is 9.47 Å². The Morgan fingerprint density at radius 1 is 1.16 bits per heavy atom. The number of halogens is 1. The Labute approximate surface area is 186 Å². The molecule has 6 nitrogen and oxygen atoms in total. The zero-order valence-corrected chi connectivity index (χ0v) is 18.3. The molecule has 31 heavy (non-hydrogen) atoms. The van der Waals surface area contributed by atoms with E-state index in [2.05, 4.69) is 4.90 Å². The van der Waals surface area contributed by atoms with Gasteiger partial charge in [-0.2, -0.15) is 0 Å². The summed E-state index contributed by atoms with van der Waals surface area (Å²) >= 11 is 5.92. The number of benzene rings is 2. The molecule has 1 aliphatic heterocycles. The summed E-state index contributed by atoms with van der Waals surface area (Å²) in [5.41, 5.74) is 0.738. The molecule has 0 spiro atoms. The largest absolute Gasteiger partial charge is 0.490 e. The maximum absolute atomic E-state index is 11.9. The van der Waals surface area contributed by atoms with E-state index in [-0.39, 0.29) is 18.6 Å². The van der Waals surface area contributed by atoms with Crippen LogP contribution in [-0.4, -0.2) is 58.9 Å². The summed E-state index contributed by atoms with van der Waals surface area (Å²) in [5.74, 6) is 1.36. The van der Waals surface area contributed by atoms with E-state index in [1.807, 2.05) is 48.5 Å². The topological polar surface area (TPSA) is 63.9 Å². The molecular formula is C24H27ClN2O4. The number of carbonyl (C=O) groups excluding carboxylic acids is 1. The van der Waals surface area contributed by atoms with E-state index in [4.69, 9.17) is 21.1 Å². The van der Waals surface area contributed by atoms with Crippen LogP contribution in [0.5, 0.6) is 11.5 Å². The highest BCUT2D eigenvalue weighted by Crippen LogP contribution is 2.27. The standard InChI is InChI=1S/C24H27ClN2O4/c1-17(28)27-14-9-18-3-2-4-23(24(18)27)30-16-20(29)15-26-12-10-22(11-13-26)31-21-7-5-19(25)6-8-21/h2-9,14,20,22,29H,10-13,15-16H2,1H3. The number of para-hydroxylation sites is 1. The number of aliphatic hydroxyl groups excluding tert-OH is 1. The van der Waals surface area contributed by atoms with Gasteiger partial charge in [0, 0.05) is 43.2 Å². The van der Waals surface area contributed by atoms with Gasteiger partial charge in [0.25, 0.3) is 0 Å². The lowest BCUT2D eigenvalue weighted by Crippen LogP contribution is -2.43. The average Bonchev–Trinajstić information content (AvgIpc) is 3.20. The van der Waals surface area contributed by atoms with Crippen LogP contribution in [0.2, 0.25) is 5.02 Å². The Hall–Kier alpha value is -2.54. The molecule has 0 aliphatic carbocycles. The highest BCUT2D eigenvalue weighted by Gasteiger charge is 2.22. The lowest BCUT2D eigenvalue weighted by molar-refractivity contribution is 0.0404. The van der Waals surface area contributed by atoms with E-state index < -0.39 is 6.10 Å². The van der Waals surface area contributed by atoms with Crippen LogP contribution in [0, 0.1) is 0 Å². The van der Waals surface area contributed by atoms with Gasteiger partial charge in [-0.25, -0.2) is 0 Å². The predicted octanol–water partition coefficient (Wildman–Crippen LogP) is 4.24. The number of piperidine rings is 1. The molecule has 1 fully saturated rings. The van der Waals surface area contributed by atoms with Crippen molar-refractivity contribution in [3.63, 3.8) is 0 Å². The van der Waals surface area contributed by atoms with Gasteiger partial charge in [0.2, 0.25) is 5.91 Å². The Morgan fingerprint density at radius 3 is 2.61 bits per heavy atom. The molecule has 0 radical (unpaired) electrons. The highest BCUT2D eigenvalue weighted by atomic mass is 35.5. The van der Waals surface area contributed by atoms with Gasteiger partial charge in [0.1, 0.15) is 30.3 Å². The monoisotopic (exact) mass is 442 g/mol. The first-order chi connectivity index (χ1) is 15.0. The van der Waals surface area contributed by atoms with E-state index in [1.54, 1.807) is 10.8 Å². The molecule has 1 N–H and O–H groups in total. The summed E-state index contributed by atoms with van der Waals surface area (Å²) in [5, 5.41) is 12.1. The van der Waals surface area contributed by atoms with E-state index in [0.717, 1.165) is 42.6 Å². The Balaban J connectivity index is 1.26. The first-order valence-electron chi connectivity index (χ1n) is 10.6. The fourth-order valence-electron chi connectivity index (χ4n) is 3.99. The number of likely N-dealkylation sites (tertiary alicyclic amines) is 1. The Bertz CT molecular complexity index is 1030. The third-order valence-corrected chi connectivity index (χ3v) is 5.82. The lowest BCUT2D eigenvalue weighted by atomic mass is 10.1. The van der Waals surface area contributed by atoms with E-state index in [9.17, 15) is 9.90 Å². The molecule has 7 heteroatoms. The Kier molecular flexibility index (Phi) is 6.80. The molecule has 1 unspecified atom stereocenters. The van der Waals surface area contributed by atoms with Gasteiger partial charge in [0.05, 0.1) is 5.52 Å². The number of fused-ring (bicyclic) bond motifs is 1. The van der Waals surface area contributed by atoms with Crippen LogP contribution in [-0.2, 0) is 0 Å².